The van der Waals surface area contributed by atoms with E-state index in [1.165, 1.54) is 16.7 Å². The number of ether oxygens (including phenoxy) is 2. The number of rotatable bonds is 5. The summed E-state index contributed by atoms with van der Waals surface area (Å²) in [6.45, 7) is 4.28. The number of benzene rings is 2. The molecular formula is C17H19NO2. The van der Waals surface area contributed by atoms with Crippen molar-refractivity contribution >= 4 is 0 Å². The molecule has 3 nitrogen and oxygen atoms in total. The second-order valence-electron chi connectivity index (χ2n) is 5.10. The van der Waals surface area contributed by atoms with Gasteiger partial charge in [0, 0.05) is 6.54 Å². The van der Waals surface area contributed by atoms with Crippen molar-refractivity contribution in [3.63, 3.8) is 0 Å². The fourth-order valence-corrected chi connectivity index (χ4v) is 2.38. The van der Waals surface area contributed by atoms with Gasteiger partial charge >= 0.3 is 0 Å². The molecule has 0 saturated carbocycles. The van der Waals surface area contributed by atoms with E-state index < -0.39 is 0 Å². The molecule has 0 aromatic heterocycles. The lowest BCUT2D eigenvalue weighted by Gasteiger charge is -2.06. The molecule has 104 valence electrons. The summed E-state index contributed by atoms with van der Waals surface area (Å²) in [7, 11) is 0. The molecule has 3 rings (SSSR count). The zero-order valence-electron chi connectivity index (χ0n) is 11.7. The molecule has 0 radical (unpaired) electrons. The maximum absolute atomic E-state index is 5.38. The van der Waals surface area contributed by atoms with Gasteiger partial charge in [0.25, 0.3) is 0 Å². The van der Waals surface area contributed by atoms with E-state index in [2.05, 4.69) is 42.6 Å². The van der Waals surface area contributed by atoms with E-state index in [4.69, 9.17) is 9.47 Å². The molecule has 0 atom stereocenters. The van der Waals surface area contributed by atoms with Crippen molar-refractivity contribution in [2.45, 2.75) is 19.9 Å². The molecule has 0 amide bonds. The average molecular weight is 269 g/mol. The highest BCUT2D eigenvalue weighted by Crippen LogP contribution is 2.32. The van der Waals surface area contributed by atoms with Gasteiger partial charge in [0.2, 0.25) is 6.79 Å². The minimum atomic E-state index is 0.333. The zero-order valence-corrected chi connectivity index (χ0v) is 11.7. The standard InChI is InChI=1S/C17H19NO2/c1-13-3-2-4-14(9-13)7-8-18-11-15-5-6-16-17(10-15)20-12-19-16/h2-6,9-10,18H,7-8,11-12H2,1H3. The third-order valence-electron chi connectivity index (χ3n) is 3.44. The van der Waals surface area contributed by atoms with Crippen molar-refractivity contribution in [1.29, 1.82) is 0 Å². The molecule has 0 aliphatic carbocycles. The Labute approximate surface area is 119 Å². The molecule has 2 aromatic carbocycles. The van der Waals surface area contributed by atoms with Gasteiger partial charge in [0.05, 0.1) is 0 Å². The predicted molar refractivity (Wildman–Crippen MR) is 79.2 cm³/mol. The maximum atomic E-state index is 5.38. The molecule has 0 saturated heterocycles. The van der Waals surface area contributed by atoms with Crippen molar-refractivity contribution in [2.24, 2.45) is 0 Å². The molecular weight excluding hydrogens is 250 g/mol. The Hall–Kier alpha value is -2.00. The van der Waals surface area contributed by atoms with E-state index in [0.29, 0.717) is 6.79 Å². The Morgan fingerprint density at radius 3 is 2.80 bits per heavy atom. The van der Waals surface area contributed by atoms with Crippen LogP contribution in [0.1, 0.15) is 16.7 Å². The molecule has 1 aliphatic heterocycles. The number of hydrogen-bond donors (Lipinski definition) is 1. The van der Waals surface area contributed by atoms with Crippen LogP contribution < -0.4 is 14.8 Å². The molecule has 2 aromatic rings. The Bertz CT molecular complexity index is 595. The van der Waals surface area contributed by atoms with Crippen molar-refractivity contribution in [2.75, 3.05) is 13.3 Å². The van der Waals surface area contributed by atoms with Crippen LogP contribution in [0.5, 0.6) is 11.5 Å². The molecule has 0 unspecified atom stereocenters. The summed E-state index contributed by atoms with van der Waals surface area (Å²) in [5, 5.41) is 3.46. The zero-order chi connectivity index (χ0) is 13.8. The van der Waals surface area contributed by atoms with Crippen LogP contribution in [-0.2, 0) is 13.0 Å². The number of fused-ring (bicyclic) bond motifs is 1. The monoisotopic (exact) mass is 269 g/mol. The molecule has 1 heterocycles. The normalized spacial score (nSPS) is 12.7. The van der Waals surface area contributed by atoms with E-state index in [1.54, 1.807) is 0 Å². The first-order chi connectivity index (χ1) is 9.81. The van der Waals surface area contributed by atoms with Gasteiger partial charge < -0.3 is 14.8 Å². The molecule has 0 fully saturated rings. The van der Waals surface area contributed by atoms with Gasteiger partial charge in [-0.25, -0.2) is 0 Å². The number of nitrogens with one attached hydrogen (secondary N) is 1. The SMILES string of the molecule is Cc1cccc(CCNCc2ccc3c(c2)OCO3)c1. The summed E-state index contributed by atoms with van der Waals surface area (Å²) in [6.07, 6.45) is 1.05. The Balaban J connectivity index is 1.48. The second-order valence-corrected chi connectivity index (χ2v) is 5.10. The van der Waals surface area contributed by atoms with Crippen molar-refractivity contribution in [3.05, 3.63) is 59.2 Å². The van der Waals surface area contributed by atoms with Crippen LogP contribution >= 0.6 is 0 Å². The minimum absolute atomic E-state index is 0.333. The highest BCUT2D eigenvalue weighted by molar-refractivity contribution is 5.44. The van der Waals surface area contributed by atoms with Crippen LogP contribution in [0.4, 0.5) is 0 Å². The third kappa shape index (κ3) is 3.11. The van der Waals surface area contributed by atoms with E-state index in [1.807, 2.05) is 12.1 Å². The minimum Gasteiger partial charge on any atom is -0.454 e. The van der Waals surface area contributed by atoms with Gasteiger partial charge in [-0.3, -0.25) is 0 Å². The first-order valence-electron chi connectivity index (χ1n) is 6.96. The van der Waals surface area contributed by atoms with E-state index >= 15 is 0 Å². The Morgan fingerprint density at radius 2 is 1.90 bits per heavy atom. The lowest BCUT2D eigenvalue weighted by atomic mass is 10.1. The van der Waals surface area contributed by atoms with Gasteiger partial charge in [-0.05, 0) is 43.1 Å². The van der Waals surface area contributed by atoms with E-state index in [-0.39, 0.29) is 0 Å². The summed E-state index contributed by atoms with van der Waals surface area (Å²) >= 11 is 0. The highest BCUT2D eigenvalue weighted by atomic mass is 16.7. The van der Waals surface area contributed by atoms with Crippen LogP contribution in [0.25, 0.3) is 0 Å². The predicted octanol–water partition coefficient (Wildman–Crippen LogP) is 3.06. The summed E-state index contributed by atoms with van der Waals surface area (Å²) in [6, 6.07) is 14.7. The molecule has 1 aliphatic rings. The quantitative estimate of drug-likeness (QED) is 0.846. The Morgan fingerprint density at radius 1 is 1.00 bits per heavy atom. The van der Waals surface area contributed by atoms with Crippen LogP contribution in [0.2, 0.25) is 0 Å². The van der Waals surface area contributed by atoms with Crippen LogP contribution in [0.15, 0.2) is 42.5 Å². The number of hydrogen-bond acceptors (Lipinski definition) is 3. The van der Waals surface area contributed by atoms with Crippen LogP contribution in [-0.4, -0.2) is 13.3 Å². The fraction of sp³-hybridized carbons (Fsp3) is 0.294. The largest absolute Gasteiger partial charge is 0.454 e. The summed E-state index contributed by atoms with van der Waals surface area (Å²) < 4.78 is 10.7. The highest BCUT2D eigenvalue weighted by Gasteiger charge is 2.12. The molecule has 20 heavy (non-hydrogen) atoms. The van der Waals surface area contributed by atoms with Crippen molar-refractivity contribution in [3.8, 4) is 11.5 Å². The van der Waals surface area contributed by atoms with Gasteiger partial charge in [-0.1, -0.05) is 35.9 Å². The fourth-order valence-electron chi connectivity index (χ4n) is 2.38. The summed E-state index contributed by atoms with van der Waals surface area (Å²) in [4.78, 5) is 0. The van der Waals surface area contributed by atoms with Crippen molar-refractivity contribution < 1.29 is 9.47 Å². The molecule has 3 heteroatoms. The first kappa shape index (κ1) is 13.0. The van der Waals surface area contributed by atoms with Crippen LogP contribution in [0.3, 0.4) is 0 Å². The van der Waals surface area contributed by atoms with Crippen molar-refractivity contribution in [1.82, 2.24) is 5.32 Å². The van der Waals surface area contributed by atoms with Gasteiger partial charge in [-0.2, -0.15) is 0 Å². The smallest absolute Gasteiger partial charge is 0.231 e. The molecule has 0 bridgehead atoms. The average Bonchev–Trinajstić information content (AvgIpc) is 2.91. The number of aryl methyl sites for hydroxylation is 1. The maximum Gasteiger partial charge on any atom is 0.231 e. The van der Waals surface area contributed by atoms with E-state index in [0.717, 1.165) is 31.0 Å². The van der Waals surface area contributed by atoms with Gasteiger partial charge in [0.15, 0.2) is 11.5 Å². The van der Waals surface area contributed by atoms with E-state index in [9.17, 15) is 0 Å². The first-order valence-corrected chi connectivity index (χ1v) is 6.96. The molecule has 1 N–H and O–H groups in total. The van der Waals surface area contributed by atoms with Crippen LogP contribution in [0, 0.1) is 6.92 Å². The van der Waals surface area contributed by atoms with Gasteiger partial charge in [0.1, 0.15) is 0 Å². The topological polar surface area (TPSA) is 30.5 Å². The summed E-state index contributed by atoms with van der Waals surface area (Å²) in [5.41, 5.74) is 3.92. The second kappa shape index (κ2) is 5.97. The summed E-state index contributed by atoms with van der Waals surface area (Å²) in [5.74, 6) is 1.69. The Kier molecular flexibility index (Phi) is 3.88. The lowest BCUT2D eigenvalue weighted by molar-refractivity contribution is 0.174. The molecule has 0 spiro atoms. The third-order valence-corrected chi connectivity index (χ3v) is 3.44. The lowest BCUT2D eigenvalue weighted by Crippen LogP contribution is -2.16. The van der Waals surface area contributed by atoms with Gasteiger partial charge in [-0.15, -0.1) is 0 Å².